The molecule has 1 aromatic heterocycles. The lowest BCUT2D eigenvalue weighted by molar-refractivity contribution is 0.0360. The van der Waals surface area contributed by atoms with Crippen molar-refractivity contribution < 1.29 is 9.90 Å². The molecule has 5 heteroatoms. The average Bonchev–Trinajstić information content (AvgIpc) is 2.15. The maximum Gasteiger partial charge on any atom is 0.260 e. The van der Waals surface area contributed by atoms with E-state index in [4.69, 9.17) is 5.11 Å². The molecular weight excluding hydrogens is 208 g/mol. The number of amides is 1. The van der Waals surface area contributed by atoms with Crippen molar-refractivity contribution in [2.75, 3.05) is 19.7 Å². The van der Waals surface area contributed by atoms with Gasteiger partial charge in [0.25, 0.3) is 11.5 Å². The van der Waals surface area contributed by atoms with Crippen LogP contribution in [0.1, 0.15) is 16.1 Å². The highest BCUT2D eigenvalue weighted by atomic mass is 16.3. The molecule has 1 aliphatic rings. The van der Waals surface area contributed by atoms with Crippen LogP contribution in [0.4, 0.5) is 0 Å². The summed E-state index contributed by atoms with van der Waals surface area (Å²) in [5, 5.41) is 8.84. The third-order valence-corrected chi connectivity index (χ3v) is 2.79. The van der Waals surface area contributed by atoms with Crippen LogP contribution in [-0.2, 0) is 0 Å². The Balaban J connectivity index is 2.13. The number of hydrogen-bond donors (Lipinski definition) is 2. The van der Waals surface area contributed by atoms with Gasteiger partial charge in [-0.2, -0.15) is 0 Å². The molecule has 2 rings (SSSR count). The fourth-order valence-corrected chi connectivity index (χ4v) is 1.76. The lowest BCUT2D eigenvalue weighted by Crippen LogP contribution is -2.52. The summed E-state index contributed by atoms with van der Waals surface area (Å²) in [5.74, 6) is -0.0978. The maximum atomic E-state index is 11.8. The van der Waals surface area contributed by atoms with Crippen molar-refractivity contribution in [3.8, 4) is 0 Å². The monoisotopic (exact) mass is 222 g/mol. The first-order valence-corrected chi connectivity index (χ1v) is 5.22. The van der Waals surface area contributed by atoms with Crippen molar-refractivity contribution >= 4 is 5.91 Å². The van der Waals surface area contributed by atoms with Crippen LogP contribution in [0.2, 0.25) is 0 Å². The summed E-state index contributed by atoms with van der Waals surface area (Å²) in [6.45, 7) is 2.92. The Morgan fingerprint density at radius 3 is 2.81 bits per heavy atom. The minimum atomic E-state index is -0.350. The van der Waals surface area contributed by atoms with Gasteiger partial charge in [-0.25, -0.2) is 0 Å². The summed E-state index contributed by atoms with van der Waals surface area (Å²) < 4.78 is 0. The molecule has 0 radical (unpaired) electrons. The zero-order chi connectivity index (χ0) is 11.7. The predicted octanol–water partition coefficient (Wildman–Crippen LogP) is -0.252. The van der Waals surface area contributed by atoms with Gasteiger partial charge >= 0.3 is 0 Å². The van der Waals surface area contributed by atoms with E-state index in [9.17, 15) is 9.59 Å². The van der Waals surface area contributed by atoms with Gasteiger partial charge in [-0.15, -0.1) is 0 Å². The van der Waals surface area contributed by atoms with Crippen LogP contribution in [0.5, 0.6) is 0 Å². The van der Waals surface area contributed by atoms with Crippen LogP contribution in [-0.4, -0.2) is 40.6 Å². The number of pyridine rings is 1. The van der Waals surface area contributed by atoms with Crippen LogP contribution < -0.4 is 5.56 Å². The Morgan fingerprint density at radius 2 is 2.25 bits per heavy atom. The fourth-order valence-electron chi connectivity index (χ4n) is 1.76. The van der Waals surface area contributed by atoms with Gasteiger partial charge in [0.2, 0.25) is 0 Å². The van der Waals surface area contributed by atoms with Gasteiger partial charge < -0.3 is 15.0 Å². The summed E-state index contributed by atoms with van der Waals surface area (Å²) in [4.78, 5) is 27.5. The number of aryl methyl sites for hydroxylation is 1. The number of aromatic nitrogens is 1. The molecule has 0 bridgehead atoms. The average molecular weight is 222 g/mol. The highest BCUT2D eigenvalue weighted by molar-refractivity contribution is 5.94. The minimum absolute atomic E-state index is 0.0913. The first-order chi connectivity index (χ1) is 7.61. The second kappa shape index (κ2) is 4.09. The molecular formula is C11H14N2O3. The van der Waals surface area contributed by atoms with E-state index in [-0.39, 0.29) is 29.6 Å². The van der Waals surface area contributed by atoms with Crippen LogP contribution in [0, 0.1) is 12.8 Å². The van der Waals surface area contributed by atoms with Crippen molar-refractivity contribution in [2.45, 2.75) is 6.92 Å². The van der Waals surface area contributed by atoms with E-state index in [0.29, 0.717) is 13.1 Å². The van der Waals surface area contributed by atoms with Crippen LogP contribution >= 0.6 is 0 Å². The Labute approximate surface area is 92.7 Å². The van der Waals surface area contributed by atoms with Crippen molar-refractivity contribution in [1.29, 1.82) is 0 Å². The number of carbonyl (C=O) groups is 1. The zero-order valence-corrected chi connectivity index (χ0v) is 9.06. The van der Waals surface area contributed by atoms with E-state index in [1.165, 1.54) is 0 Å². The number of aliphatic hydroxyl groups is 1. The van der Waals surface area contributed by atoms with E-state index in [1.807, 2.05) is 0 Å². The Hall–Kier alpha value is -1.62. The minimum Gasteiger partial charge on any atom is -0.396 e. The molecule has 0 unspecified atom stereocenters. The molecule has 0 atom stereocenters. The molecule has 0 aliphatic carbocycles. The van der Waals surface area contributed by atoms with Crippen molar-refractivity contribution in [2.24, 2.45) is 5.92 Å². The molecule has 1 aromatic rings. The van der Waals surface area contributed by atoms with Crippen LogP contribution in [0.15, 0.2) is 16.9 Å². The standard InChI is InChI=1S/C11H14N2O3/c1-7-2-3-9(10(15)12-7)11(16)13-4-8(5-13)6-14/h2-3,8,14H,4-6H2,1H3,(H,12,15). The summed E-state index contributed by atoms with van der Waals surface area (Å²) >= 11 is 0. The molecule has 0 saturated carbocycles. The lowest BCUT2D eigenvalue weighted by atomic mass is 10.0. The zero-order valence-electron chi connectivity index (χ0n) is 9.06. The van der Waals surface area contributed by atoms with Gasteiger partial charge in [0.1, 0.15) is 5.56 Å². The third-order valence-electron chi connectivity index (χ3n) is 2.79. The SMILES string of the molecule is Cc1ccc(C(=O)N2CC(CO)C2)c(=O)[nH]1. The number of aromatic amines is 1. The molecule has 0 aromatic carbocycles. The quantitative estimate of drug-likeness (QED) is 0.724. The molecule has 1 fully saturated rings. The molecule has 0 spiro atoms. The molecule has 2 N–H and O–H groups in total. The Bertz CT molecular complexity index is 461. The first-order valence-electron chi connectivity index (χ1n) is 5.22. The van der Waals surface area contributed by atoms with E-state index in [2.05, 4.69) is 4.98 Å². The van der Waals surface area contributed by atoms with Gasteiger partial charge in [-0.1, -0.05) is 0 Å². The van der Waals surface area contributed by atoms with Crippen molar-refractivity contribution in [3.63, 3.8) is 0 Å². The number of H-pyrrole nitrogens is 1. The smallest absolute Gasteiger partial charge is 0.260 e. The molecule has 1 aliphatic heterocycles. The Morgan fingerprint density at radius 1 is 1.56 bits per heavy atom. The number of aliphatic hydroxyl groups excluding tert-OH is 1. The number of likely N-dealkylation sites (tertiary alicyclic amines) is 1. The Kier molecular flexibility index (Phi) is 2.78. The normalized spacial score (nSPS) is 16.0. The van der Waals surface area contributed by atoms with Gasteiger partial charge in [-0.3, -0.25) is 9.59 Å². The van der Waals surface area contributed by atoms with E-state index < -0.39 is 0 Å². The van der Waals surface area contributed by atoms with Crippen LogP contribution in [0.25, 0.3) is 0 Å². The molecule has 1 saturated heterocycles. The van der Waals surface area contributed by atoms with Gasteiger partial charge in [0.05, 0.1) is 0 Å². The highest BCUT2D eigenvalue weighted by Gasteiger charge is 2.31. The third kappa shape index (κ3) is 1.86. The molecule has 16 heavy (non-hydrogen) atoms. The van der Waals surface area contributed by atoms with E-state index in [1.54, 1.807) is 24.0 Å². The number of nitrogens with one attached hydrogen (secondary N) is 1. The van der Waals surface area contributed by atoms with E-state index in [0.717, 1.165) is 5.69 Å². The predicted molar refractivity (Wildman–Crippen MR) is 58.3 cm³/mol. The molecule has 86 valence electrons. The number of rotatable bonds is 2. The lowest BCUT2D eigenvalue weighted by Gasteiger charge is -2.38. The second-order valence-electron chi connectivity index (χ2n) is 4.14. The van der Waals surface area contributed by atoms with Gasteiger partial charge in [-0.05, 0) is 19.1 Å². The molecule has 2 heterocycles. The molecule has 1 amide bonds. The second-order valence-corrected chi connectivity index (χ2v) is 4.14. The summed E-state index contributed by atoms with van der Waals surface area (Å²) in [6.07, 6.45) is 0. The summed E-state index contributed by atoms with van der Waals surface area (Å²) in [7, 11) is 0. The van der Waals surface area contributed by atoms with Crippen molar-refractivity contribution in [3.05, 3.63) is 33.7 Å². The fraction of sp³-hybridized carbons (Fsp3) is 0.455. The van der Waals surface area contributed by atoms with E-state index >= 15 is 0 Å². The van der Waals surface area contributed by atoms with Gasteiger partial charge in [0, 0.05) is 31.3 Å². The van der Waals surface area contributed by atoms with Gasteiger partial charge in [0.15, 0.2) is 0 Å². The topological polar surface area (TPSA) is 73.4 Å². The van der Waals surface area contributed by atoms with Crippen molar-refractivity contribution in [1.82, 2.24) is 9.88 Å². The summed E-state index contributed by atoms with van der Waals surface area (Å²) in [5.41, 5.74) is 0.554. The maximum absolute atomic E-state index is 11.8. The first kappa shape index (κ1) is 10.9. The summed E-state index contributed by atoms with van der Waals surface area (Å²) in [6, 6.07) is 3.25. The number of hydrogen-bond acceptors (Lipinski definition) is 3. The highest BCUT2D eigenvalue weighted by Crippen LogP contribution is 2.16. The van der Waals surface area contributed by atoms with Crippen LogP contribution in [0.3, 0.4) is 0 Å². The largest absolute Gasteiger partial charge is 0.396 e. The number of nitrogens with zero attached hydrogens (tertiary/aromatic N) is 1. The molecule has 5 nitrogen and oxygen atoms in total. The number of carbonyl (C=O) groups excluding carboxylic acids is 1.